The van der Waals surface area contributed by atoms with Crippen molar-refractivity contribution < 1.29 is 9.53 Å². The van der Waals surface area contributed by atoms with Crippen LogP contribution in [-0.4, -0.2) is 12.1 Å². The molecule has 2 heteroatoms. The zero-order chi connectivity index (χ0) is 15.4. The molecule has 1 aliphatic heterocycles. The molecule has 0 fully saturated rings. The first-order valence-corrected chi connectivity index (χ1v) is 7.27. The summed E-state index contributed by atoms with van der Waals surface area (Å²) < 4.78 is 5.46. The fourth-order valence-corrected chi connectivity index (χ4v) is 2.44. The maximum absolute atomic E-state index is 11.8. The molecular formula is C20H16O2. The predicted molar refractivity (Wildman–Crippen MR) is 86.0 cm³/mol. The van der Waals surface area contributed by atoms with Crippen molar-refractivity contribution in [1.29, 1.82) is 0 Å². The van der Waals surface area contributed by atoms with Crippen molar-refractivity contribution in [3.05, 3.63) is 82.9 Å². The first-order valence-electron chi connectivity index (χ1n) is 7.27. The number of benzene rings is 2. The normalized spacial score (nSPS) is 17.0. The Morgan fingerprint density at radius 2 is 1.59 bits per heavy atom. The van der Waals surface area contributed by atoms with E-state index in [1.807, 2.05) is 60.7 Å². The highest BCUT2D eigenvalue weighted by molar-refractivity contribution is 5.93. The average Bonchev–Trinajstić information content (AvgIpc) is 2.81. The van der Waals surface area contributed by atoms with Crippen molar-refractivity contribution in [2.45, 2.75) is 19.4 Å². The van der Waals surface area contributed by atoms with Crippen LogP contribution >= 0.6 is 0 Å². The Hall–Kier alpha value is -2.79. The van der Waals surface area contributed by atoms with Gasteiger partial charge in [0.05, 0.1) is 5.57 Å². The van der Waals surface area contributed by atoms with Gasteiger partial charge in [-0.1, -0.05) is 60.4 Å². The summed E-state index contributed by atoms with van der Waals surface area (Å²) in [5.41, 5.74) is 3.47. The third-order valence-corrected chi connectivity index (χ3v) is 3.66. The molecule has 2 aromatic rings. The molecule has 2 nitrogen and oxygen atoms in total. The van der Waals surface area contributed by atoms with E-state index >= 15 is 0 Å². The molecule has 1 aliphatic rings. The summed E-state index contributed by atoms with van der Waals surface area (Å²) in [6.07, 6.45) is 0.369. The molecule has 0 spiro atoms. The fourth-order valence-electron chi connectivity index (χ4n) is 2.44. The number of hydrogen-bond acceptors (Lipinski definition) is 2. The summed E-state index contributed by atoms with van der Waals surface area (Å²) in [5, 5.41) is 0. The largest absolute Gasteiger partial charge is 0.453 e. The maximum Gasteiger partial charge on any atom is 0.335 e. The van der Waals surface area contributed by atoms with Crippen LogP contribution in [0.15, 0.2) is 71.8 Å². The summed E-state index contributed by atoms with van der Waals surface area (Å²) in [6.45, 7) is 1.78. The van der Waals surface area contributed by atoms with Gasteiger partial charge in [-0.05, 0) is 24.6 Å². The van der Waals surface area contributed by atoms with E-state index < -0.39 is 0 Å². The van der Waals surface area contributed by atoms with Gasteiger partial charge in [-0.2, -0.15) is 0 Å². The molecule has 1 atom stereocenters. The molecule has 0 saturated heterocycles. The molecule has 0 N–H and O–H groups in total. The van der Waals surface area contributed by atoms with Gasteiger partial charge in [0.25, 0.3) is 0 Å². The summed E-state index contributed by atoms with van der Waals surface area (Å²) in [4.78, 5) is 11.8. The van der Waals surface area contributed by atoms with Crippen LogP contribution in [0.2, 0.25) is 0 Å². The summed E-state index contributed by atoms with van der Waals surface area (Å²) >= 11 is 0. The Balaban J connectivity index is 1.86. The van der Waals surface area contributed by atoms with Gasteiger partial charge >= 0.3 is 5.97 Å². The van der Waals surface area contributed by atoms with Crippen LogP contribution in [0.5, 0.6) is 0 Å². The Labute approximate surface area is 130 Å². The number of carbonyl (C=O) groups is 1. The lowest BCUT2D eigenvalue weighted by Gasteiger charge is -2.10. The van der Waals surface area contributed by atoms with Crippen LogP contribution in [0, 0.1) is 11.8 Å². The van der Waals surface area contributed by atoms with E-state index in [-0.39, 0.29) is 12.1 Å². The van der Waals surface area contributed by atoms with Crippen molar-refractivity contribution in [2.75, 3.05) is 0 Å². The van der Waals surface area contributed by atoms with Gasteiger partial charge in [-0.3, -0.25) is 0 Å². The molecule has 0 radical (unpaired) electrons. The van der Waals surface area contributed by atoms with Crippen LogP contribution in [0.4, 0.5) is 0 Å². The zero-order valence-electron chi connectivity index (χ0n) is 12.4. The zero-order valence-corrected chi connectivity index (χ0v) is 12.4. The number of rotatable bonds is 2. The molecule has 0 saturated carbocycles. The van der Waals surface area contributed by atoms with Gasteiger partial charge in [0, 0.05) is 17.6 Å². The molecule has 108 valence electrons. The molecule has 0 amide bonds. The smallest absolute Gasteiger partial charge is 0.335 e. The third kappa shape index (κ3) is 3.10. The van der Waals surface area contributed by atoms with E-state index in [0.717, 1.165) is 16.7 Å². The van der Waals surface area contributed by atoms with Gasteiger partial charge in [0.15, 0.2) is 0 Å². The molecule has 3 rings (SSSR count). The van der Waals surface area contributed by atoms with E-state index in [1.54, 1.807) is 6.92 Å². The monoisotopic (exact) mass is 288 g/mol. The molecule has 1 unspecified atom stereocenters. The SMILES string of the molecule is CC1=C(C#Cc2ccccc2)C(Cc2ccccc2)OC1=O. The Morgan fingerprint density at radius 3 is 2.27 bits per heavy atom. The summed E-state index contributed by atoms with van der Waals surface area (Å²) in [7, 11) is 0. The molecular weight excluding hydrogens is 272 g/mol. The van der Waals surface area contributed by atoms with E-state index in [1.165, 1.54) is 0 Å². The first kappa shape index (κ1) is 14.2. The number of ether oxygens (including phenoxy) is 1. The van der Waals surface area contributed by atoms with Crippen LogP contribution < -0.4 is 0 Å². The highest BCUT2D eigenvalue weighted by Crippen LogP contribution is 2.25. The Kier molecular flexibility index (Phi) is 4.07. The highest BCUT2D eigenvalue weighted by Gasteiger charge is 2.30. The second kappa shape index (κ2) is 6.32. The van der Waals surface area contributed by atoms with Crippen LogP contribution in [0.1, 0.15) is 18.1 Å². The van der Waals surface area contributed by atoms with E-state index in [0.29, 0.717) is 12.0 Å². The first-order chi connectivity index (χ1) is 10.7. The number of cyclic esters (lactones) is 1. The molecule has 2 aromatic carbocycles. The van der Waals surface area contributed by atoms with E-state index in [2.05, 4.69) is 11.8 Å². The number of esters is 1. The van der Waals surface area contributed by atoms with Gasteiger partial charge in [0.1, 0.15) is 6.10 Å². The maximum atomic E-state index is 11.8. The van der Waals surface area contributed by atoms with Crippen molar-refractivity contribution in [2.24, 2.45) is 0 Å². The van der Waals surface area contributed by atoms with Gasteiger partial charge < -0.3 is 4.74 Å². The van der Waals surface area contributed by atoms with Crippen molar-refractivity contribution in [3.8, 4) is 11.8 Å². The predicted octanol–water partition coefficient (Wildman–Crippen LogP) is 3.52. The summed E-state index contributed by atoms with van der Waals surface area (Å²) in [6, 6.07) is 19.8. The molecule has 22 heavy (non-hydrogen) atoms. The Bertz CT molecular complexity index is 762. The minimum Gasteiger partial charge on any atom is -0.453 e. The quantitative estimate of drug-likeness (QED) is 0.624. The van der Waals surface area contributed by atoms with Gasteiger partial charge in [0.2, 0.25) is 0 Å². The lowest BCUT2D eigenvalue weighted by Crippen LogP contribution is -2.14. The average molecular weight is 288 g/mol. The van der Waals surface area contributed by atoms with Crippen LogP contribution in [0.3, 0.4) is 0 Å². The molecule has 0 aliphatic carbocycles. The van der Waals surface area contributed by atoms with E-state index in [4.69, 9.17) is 4.74 Å². The minimum atomic E-state index is -0.286. The summed E-state index contributed by atoms with van der Waals surface area (Å²) in [5.74, 6) is 5.98. The van der Waals surface area contributed by atoms with Gasteiger partial charge in [-0.15, -0.1) is 0 Å². The molecule has 0 aromatic heterocycles. The van der Waals surface area contributed by atoms with Gasteiger partial charge in [-0.25, -0.2) is 4.79 Å². The second-order valence-electron chi connectivity index (χ2n) is 5.24. The highest BCUT2D eigenvalue weighted by atomic mass is 16.5. The Morgan fingerprint density at radius 1 is 0.955 bits per heavy atom. The number of carbonyl (C=O) groups excluding carboxylic acids is 1. The van der Waals surface area contributed by atoms with Crippen LogP contribution in [-0.2, 0) is 16.0 Å². The third-order valence-electron chi connectivity index (χ3n) is 3.66. The van der Waals surface area contributed by atoms with Crippen molar-refractivity contribution in [1.82, 2.24) is 0 Å². The standard InChI is InChI=1S/C20H16O2/c1-15-18(13-12-16-8-4-2-5-9-16)19(22-20(15)21)14-17-10-6-3-7-11-17/h2-11,19H,14H2,1H3. The lowest BCUT2D eigenvalue weighted by atomic mass is 10.00. The van der Waals surface area contributed by atoms with Crippen molar-refractivity contribution >= 4 is 5.97 Å². The molecule has 0 bridgehead atoms. The topological polar surface area (TPSA) is 26.3 Å². The van der Waals surface area contributed by atoms with Crippen LogP contribution in [0.25, 0.3) is 0 Å². The second-order valence-corrected chi connectivity index (χ2v) is 5.24. The van der Waals surface area contributed by atoms with E-state index in [9.17, 15) is 4.79 Å². The molecule has 1 heterocycles. The minimum absolute atomic E-state index is 0.265. The van der Waals surface area contributed by atoms with Crippen molar-refractivity contribution in [3.63, 3.8) is 0 Å². The number of hydrogen-bond donors (Lipinski definition) is 0. The fraction of sp³-hybridized carbons (Fsp3) is 0.150. The lowest BCUT2D eigenvalue weighted by molar-refractivity contribution is -0.139.